The van der Waals surface area contributed by atoms with Crippen LogP contribution in [0.4, 0.5) is 5.69 Å². The van der Waals surface area contributed by atoms with E-state index in [0.29, 0.717) is 16.5 Å². The number of nitrogens with one attached hydrogen (secondary N) is 1. The Balaban J connectivity index is 1.25. The lowest BCUT2D eigenvalue weighted by molar-refractivity contribution is 0.0992. The first kappa shape index (κ1) is 29.9. The first-order chi connectivity index (χ1) is 20.6. The number of anilines is 1. The van der Waals surface area contributed by atoms with E-state index in [9.17, 15) is 13.2 Å². The number of methoxy groups -OCH3 is 1. The van der Waals surface area contributed by atoms with Crippen molar-refractivity contribution in [2.75, 3.05) is 12.4 Å². The smallest absolute Gasteiger partial charge is 0.291 e. The van der Waals surface area contributed by atoms with Gasteiger partial charge in [-0.05, 0) is 71.8 Å². The van der Waals surface area contributed by atoms with Gasteiger partial charge in [0.1, 0.15) is 23.9 Å². The van der Waals surface area contributed by atoms with Crippen molar-refractivity contribution in [3.8, 4) is 11.5 Å². The van der Waals surface area contributed by atoms with Gasteiger partial charge in [0, 0.05) is 22.2 Å². The second-order valence-corrected chi connectivity index (χ2v) is 12.8. The van der Waals surface area contributed by atoms with Crippen LogP contribution in [0.25, 0.3) is 0 Å². The van der Waals surface area contributed by atoms with Crippen LogP contribution in [0.2, 0.25) is 5.02 Å². The summed E-state index contributed by atoms with van der Waals surface area (Å²) >= 11 is 5.91. The fraction of sp³-hybridized carbons (Fsp3) is 0.147. The zero-order valence-electron chi connectivity index (χ0n) is 23.8. The minimum absolute atomic E-state index is 0.0449. The minimum atomic E-state index is -3.90. The van der Waals surface area contributed by atoms with Crippen molar-refractivity contribution in [1.82, 2.24) is 0 Å². The third-order valence-corrected chi connectivity index (χ3v) is 9.15. The van der Waals surface area contributed by atoms with Gasteiger partial charge in [-0.3, -0.25) is 4.79 Å². The van der Waals surface area contributed by atoms with Crippen LogP contribution in [-0.4, -0.2) is 21.4 Å². The molecule has 0 spiro atoms. The van der Waals surface area contributed by atoms with Crippen LogP contribution in [0.5, 0.6) is 11.5 Å². The standard InChI is InChI=1S/C34H30ClNO6S/c1-34(2,23-7-5-4-6-8-23)24-9-13-27(14-10-24)41-22-28-15-18-32(42-28)33(37)36-26-19-29(40-3)21-31(20-26)43(38,39)30-16-11-25(35)12-17-30/h4-21H,22H2,1-3H3,(H,36,37). The van der Waals surface area contributed by atoms with Gasteiger partial charge in [-0.15, -0.1) is 0 Å². The lowest BCUT2D eigenvalue weighted by Gasteiger charge is -2.26. The monoisotopic (exact) mass is 615 g/mol. The molecule has 0 saturated carbocycles. The maximum absolute atomic E-state index is 13.2. The van der Waals surface area contributed by atoms with Gasteiger partial charge < -0.3 is 19.2 Å². The van der Waals surface area contributed by atoms with Gasteiger partial charge in [0.2, 0.25) is 9.84 Å². The third kappa shape index (κ3) is 6.77. The number of furan rings is 1. The van der Waals surface area contributed by atoms with Gasteiger partial charge in [-0.25, -0.2) is 8.42 Å². The highest BCUT2D eigenvalue weighted by Gasteiger charge is 2.23. The summed E-state index contributed by atoms with van der Waals surface area (Å²) in [5.74, 6) is 0.874. The maximum atomic E-state index is 13.2. The van der Waals surface area contributed by atoms with Gasteiger partial charge >= 0.3 is 0 Å². The van der Waals surface area contributed by atoms with E-state index in [-0.39, 0.29) is 39.0 Å². The molecule has 1 N–H and O–H groups in total. The summed E-state index contributed by atoms with van der Waals surface area (Å²) < 4.78 is 43.3. The molecular formula is C34H30ClNO6S. The first-order valence-electron chi connectivity index (χ1n) is 13.4. The van der Waals surface area contributed by atoms with Gasteiger partial charge in [0.05, 0.1) is 16.9 Å². The molecule has 0 radical (unpaired) electrons. The van der Waals surface area contributed by atoms with Crippen molar-refractivity contribution in [3.05, 3.63) is 137 Å². The summed E-state index contributed by atoms with van der Waals surface area (Å²) in [5, 5.41) is 3.11. The molecule has 0 aliphatic carbocycles. The van der Waals surface area contributed by atoms with Gasteiger partial charge in [-0.2, -0.15) is 0 Å². The number of sulfone groups is 1. The normalized spacial score (nSPS) is 11.6. The topological polar surface area (TPSA) is 94.8 Å². The molecule has 7 nitrogen and oxygen atoms in total. The second-order valence-electron chi connectivity index (χ2n) is 10.4. The highest BCUT2D eigenvalue weighted by Crippen LogP contribution is 2.33. The largest absolute Gasteiger partial charge is 0.497 e. The van der Waals surface area contributed by atoms with E-state index < -0.39 is 15.7 Å². The number of benzene rings is 4. The molecular weight excluding hydrogens is 586 g/mol. The van der Waals surface area contributed by atoms with Crippen molar-refractivity contribution in [1.29, 1.82) is 0 Å². The second kappa shape index (κ2) is 12.4. The number of rotatable bonds is 10. The molecule has 5 aromatic rings. The molecule has 0 aliphatic rings. The Kier molecular flexibility index (Phi) is 8.62. The van der Waals surface area contributed by atoms with E-state index in [0.717, 1.165) is 5.56 Å². The van der Waals surface area contributed by atoms with Crippen molar-refractivity contribution in [2.45, 2.75) is 35.7 Å². The molecule has 220 valence electrons. The Morgan fingerprint density at radius 3 is 2.16 bits per heavy atom. The molecule has 5 rings (SSSR count). The number of ether oxygens (including phenoxy) is 2. The predicted molar refractivity (Wildman–Crippen MR) is 166 cm³/mol. The Labute approximate surface area is 256 Å². The molecule has 0 unspecified atom stereocenters. The third-order valence-electron chi connectivity index (χ3n) is 7.15. The summed E-state index contributed by atoms with van der Waals surface area (Å²) in [4.78, 5) is 13.0. The van der Waals surface area contributed by atoms with Crippen molar-refractivity contribution in [2.24, 2.45) is 0 Å². The number of halogens is 1. The fourth-order valence-corrected chi connectivity index (χ4v) is 6.03. The van der Waals surface area contributed by atoms with Gasteiger partial charge in [-0.1, -0.05) is 67.9 Å². The summed E-state index contributed by atoms with van der Waals surface area (Å²) in [6.45, 7) is 4.48. The molecule has 0 bridgehead atoms. The van der Waals surface area contributed by atoms with Crippen LogP contribution in [-0.2, 0) is 21.9 Å². The van der Waals surface area contributed by atoms with Gasteiger partial charge in [0.25, 0.3) is 5.91 Å². The zero-order valence-corrected chi connectivity index (χ0v) is 25.4. The number of hydrogen-bond acceptors (Lipinski definition) is 6. The number of carbonyl (C=O) groups excluding carboxylic acids is 1. The van der Waals surface area contributed by atoms with Crippen molar-refractivity contribution < 1.29 is 27.1 Å². The molecule has 1 aromatic heterocycles. The molecule has 1 heterocycles. The van der Waals surface area contributed by atoms with Crippen LogP contribution >= 0.6 is 11.6 Å². The Morgan fingerprint density at radius 2 is 1.49 bits per heavy atom. The first-order valence-corrected chi connectivity index (χ1v) is 15.3. The Bertz CT molecular complexity index is 1830. The highest BCUT2D eigenvalue weighted by molar-refractivity contribution is 7.91. The predicted octanol–water partition coefficient (Wildman–Crippen LogP) is 7.93. The zero-order chi connectivity index (χ0) is 30.6. The molecule has 0 saturated heterocycles. The molecule has 0 fully saturated rings. The molecule has 4 aromatic carbocycles. The lowest BCUT2D eigenvalue weighted by atomic mass is 9.78. The highest BCUT2D eigenvalue weighted by atomic mass is 35.5. The quantitative estimate of drug-likeness (QED) is 0.171. The van der Waals surface area contributed by atoms with Crippen LogP contribution in [0.1, 0.15) is 41.3 Å². The Morgan fingerprint density at radius 1 is 0.814 bits per heavy atom. The molecule has 9 heteroatoms. The number of hydrogen-bond donors (Lipinski definition) is 1. The SMILES string of the molecule is COc1cc(NC(=O)c2ccc(COc3ccc(C(C)(C)c4ccccc4)cc3)o2)cc(S(=O)(=O)c2ccc(Cl)cc2)c1. The summed E-state index contributed by atoms with van der Waals surface area (Å²) in [7, 11) is -2.48. The van der Waals surface area contributed by atoms with E-state index in [1.807, 2.05) is 42.5 Å². The Hall–Kier alpha value is -4.53. The van der Waals surface area contributed by atoms with Crippen LogP contribution in [0, 0.1) is 0 Å². The van der Waals surface area contributed by atoms with Gasteiger partial charge in [0.15, 0.2) is 5.76 Å². The molecule has 0 atom stereocenters. The molecule has 0 aliphatic heterocycles. The maximum Gasteiger partial charge on any atom is 0.291 e. The van der Waals surface area contributed by atoms with Crippen molar-refractivity contribution >= 4 is 33.0 Å². The van der Waals surface area contributed by atoms with E-state index in [4.69, 9.17) is 25.5 Å². The van der Waals surface area contributed by atoms with E-state index in [2.05, 4.69) is 31.3 Å². The fourth-order valence-electron chi connectivity index (χ4n) is 4.58. The average Bonchev–Trinajstić information content (AvgIpc) is 3.50. The van der Waals surface area contributed by atoms with E-state index in [1.165, 1.54) is 61.2 Å². The summed E-state index contributed by atoms with van der Waals surface area (Å²) in [6.07, 6.45) is 0. The van der Waals surface area contributed by atoms with Crippen LogP contribution < -0.4 is 14.8 Å². The summed E-state index contributed by atoms with van der Waals surface area (Å²) in [6, 6.07) is 31.5. The lowest BCUT2D eigenvalue weighted by Crippen LogP contribution is -2.18. The number of amides is 1. The number of carbonyl (C=O) groups is 1. The van der Waals surface area contributed by atoms with E-state index >= 15 is 0 Å². The average molecular weight is 616 g/mol. The minimum Gasteiger partial charge on any atom is -0.497 e. The van der Waals surface area contributed by atoms with Crippen molar-refractivity contribution in [3.63, 3.8) is 0 Å². The molecule has 1 amide bonds. The van der Waals surface area contributed by atoms with Crippen LogP contribution in [0.3, 0.4) is 0 Å². The summed E-state index contributed by atoms with van der Waals surface area (Å²) in [5.41, 5.74) is 2.44. The molecule has 43 heavy (non-hydrogen) atoms. The van der Waals surface area contributed by atoms with E-state index in [1.54, 1.807) is 6.07 Å². The van der Waals surface area contributed by atoms with Crippen LogP contribution in [0.15, 0.2) is 123 Å².